The highest BCUT2D eigenvalue weighted by Gasteiger charge is 2.09. The average Bonchev–Trinajstić information content (AvgIpc) is 2.79. The summed E-state index contributed by atoms with van der Waals surface area (Å²) in [4.78, 5) is 5.34. The van der Waals surface area contributed by atoms with E-state index in [2.05, 4.69) is 4.98 Å². The fourth-order valence-electron chi connectivity index (χ4n) is 2.01. The largest absolute Gasteiger partial charge is 0.457 e. The molecule has 0 radical (unpaired) electrons. The minimum absolute atomic E-state index is 0.590. The molecule has 100 valence electrons. The van der Waals surface area contributed by atoms with Gasteiger partial charge in [0.25, 0.3) is 0 Å². The Hall–Kier alpha value is -2.33. The van der Waals surface area contributed by atoms with E-state index in [1.807, 2.05) is 61.5 Å². The van der Waals surface area contributed by atoms with Gasteiger partial charge in [-0.3, -0.25) is 0 Å². The number of ether oxygens (including phenoxy) is 1. The molecule has 3 nitrogen and oxygen atoms in total. The number of benzene rings is 2. The number of aromatic nitrogens is 1. The highest BCUT2D eigenvalue weighted by Crippen LogP contribution is 2.33. The molecule has 0 fully saturated rings. The number of anilines is 1. The predicted octanol–water partition coefficient (Wildman–Crippen LogP) is 4.49. The van der Waals surface area contributed by atoms with Crippen molar-refractivity contribution in [2.24, 2.45) is 0 Å². The third kappa shape index (κ3) is 2.65. The number of nitrogen functional groups attached to an aromatic ring is 1. The van der Waals surface area contributed by atoms with Crippen LogP contribution in [0.3, 0.4) is 0 Å². The van der Waals surface area contributed by atoms with E-state index < -0.39 is 0 Å². The molecule has 2 aromatic carbocycles. The van der Waals surface area contributed by atoms with E-state index in [0.29, 0.717) is 5.13 Å². The maximum atomic E-state index is 5.84. The average molecular weight is 282 g/mol. The molecule has 2 N–H and O–H groups in total. The molecule has 0 aliphatic carbocycles. The van der Waals surface area contributed by atoms with Gasteiger partial charge in [-0.15, -0.1) is 0 Å². The van der Waals surface area contributed by atoms with Crippen LogP contribution < -0.4 is 10.5 Å². The maximum Gasteiger partial charge on any atom is 0.180 e. The third-order valence-electron chi connectivity index (χ3n) is 2.89. The molecule has 0 saturated heterocycles. The van der Waals surface area contributed by atoms with Gasteiger partial charge in [0.15, 0.2) is 5.13 Å². The van der Waals surface area contributed by atoms with Gasteiger partial charge < -0.3 is 10.5 Å². The van der Waals surface area contributed by atoms with Crippen molar-refractivity contribution in [3.8, 4) is 21.9 Å². The maximum absolute atomic E-state index is 5.84. The van der Waals surface area contributed by atoms with Crippen LogP contribution in [0.25, 0.3) is 10.4 Å². The van der Waals surface area contributed by atoms with Crippen LogP contribution >= 0.6 is 11.3 Å². The third-order valence-corrected chi connectivity index (χ3v) is 3.92. The quantitative estimate of drug-likeness (QED) is 0.769. The summed E-state index contributed by atoms with van der Waals surface area (Å²) in [5.41, 5.74) is 7.78. The normalized spacial score (nSPS) is 10.4. The van der Waals surface area contributed by atoms with Crippen molar-refractivity contribution < 1.29 is 4.74 Å². The summed E-state index contributed by atoms with van der Waals surface area (Å²) in [5, 5.41) is 0.590. The number of hydrogen-bond donors (Lipinski definition) is 1. The first-order valence-corrected chi connectivity index (χ1v) is 7.10. The molecule has 1 aromatic heterocycles. The van der Waals surface area contributed by atoms with Gasteiger partial charge in [-0.1, -0.05) is 41.7 Å². The summed E-state index contributed by atoms with van der Waals surface area (Å²) in [6.45, 7) is 1.97. The molecule has 0 saturated carbocycles. The standard InChI is InChI=1S/C16H14N2OS/c1-11-15(20-16(17)18-11)12-6-5-9-14(10-12)19-13-7-3-2-4-8-13/h2-10H,1H3,(H2,17,18). The van der Waals surface area contributed by atoms with Crippen molar-refractivity contribution in [2.45, 2.75) is 6.92 Å². The van der Waals surface area contributed by atoms with E-state index in [1.165, 1.54) is 11.3 Å². The van der Waals surface area contributed by atoms with Gasteiger partial charge in [-0.2, -0.15) is 0 Å². The van der Waals surface area contributed by atoms with Crippen LogP contribution in [0.15, 0.2) is 54.6 Å². The minimum atomic E-state index is 0.590. The monoisotopic (exact) mass is 282 g/mol. The van der Waals surface area contributed by atoms with E-state index in [1.54, 1.807) is 0 Å². The van der Waals surface area contributed by atoms with Gasteiger partial charge in [-0.25, -0.2) is 4.98 Å². The Kier molecular flexibility index (Phi) is 3.39. The summed E-state index contributed by atoms with van der Waals surface area (Å²) >= 11 is 1.49. The van der Waals surface area contributed by atoms with Crippen LogP contribution in [-0.4, -0.2) is 4.98 Å². The molecule has 0 aliphatic rings. The van der Waals surface area contributed by atoms with Crippen molar-refractivity contribution in [1.29, 1.82) is 0 Å². The number of nitrogens with two attached hydrogens (primary N) is 1. The lowest BCUT2D eigenvalue weighted by Crippen LogP contribution is -1.85. The smallest absolute Gasteiger partial charge is 0.180 e. The van der Waals surface area contributed by atoms with Crippen LogP contribution in [0.2, 0.25) is 0 Å². The molecule has 3 aromatic rings. The fourth-order valence-corrected chi connectivity index (χ4v) is 2.84. The lowest BCUT2D eigenvalue weighted by atomic mass is 10.1. The van der Waals surface area contributed by atoms with Gasteiger partial charge in [0, 0.05) is 0 Å². The van der Waals surface area contributed by atoms with Crippen LogP contribution in [0, 0.1) is 6.92 Å². The molecule has 0 aliphatic heterocycles. The first kappa shape index (κ1) is 12.7. The van der Waals surface area contributed by atoms with E-state index in [4.69, 9.17) is 10.5 Å². The number of rotatable bonds is 3. The molecular weight excluding hydrogens is 268 g/mol. The second kappa shape index (κ2) is 5.35. The molecule has 4 heteroatoms. The Labute approximate surface area is 121 Å². The zero-order valence-corrected chi connectivity index (χ0v) is 11.9. The number of para-hydroxylation sites is 1. The second-order valence-corrected chi connectivity index (χ2v) is 5.44. The molecule has 0 spiro atoms. The molecule has 1 heterocycles. The predicted molar refractivity (Wildman–Crippen MR) is 83.2 cm³/mol. The Balaban J connectivity index is 1.92. The molecular formula is C16H14N2OS. The lowest BCUT2D eigenvalue weighted by molar-refractivity contribution is 0.483. The lowest BCUT2D eigenvalue weighted by Gasteiger charge is -2.07. The number of thiazole rings is 1. The summed E-state index contributed by atoms with van der Waals surface area (Å²) in [6, 6.07) is 17.7. The molecule has 0 amide bonds. The Morgan fingerprint density at radius 2 is 1.75 bits per heavy atom. The molecule has 0 unspecified atom stereocenters. The topological polar surface area (TPSA) is 48.1 Å². The van der Waals surface area contributed by atoms with E-state index in [0.717, 1.165) is 27.6 Å². The molecule has 20 heavy (non-hydrogen) atoms. The van der Waals surface area contributed by atoms with E-state index >= 15 is 0 Å². The summed E-state index contributed by atoms with van der Waals surface area (Å²) < 4.78 is 5.84. The number of hydrogen-bond acceptors (Lipinski definition) is 4. The highest BCUT2D eigenvalue weighted by atomic mass is 32.1. The first-order valence-electron chi connectivity index (χ1n) is 6.28. The van der Waals surface area contributed by atoms with Crippen molar-refractivity contribution in [3.63, 3.8) is 0 Å². The van der Waals surface area contributed by atoms with Crippen molar-refractivity contribution >= 4 is 16.5 Å². The highest BCUT2D eigenvalue weighted by molar-refractivity contribution is 7.18. The van der Waals surface area contributed by atoms with Crippen LogP contribution in [-0.2, 0) is 0 Å². The van der Waals surface area contributed by atoms with Gasteiger partial charge in [0.1, 0.15) is 11.5 Å². The minimum Gasteiger partial charge on any atom is -0.457 e. The molecule has 0 bridgehead atoms. The molecule has 3 rings (SSSR count). The van der Waals surface area contributed by atoms with E-state index in [-0.39, 0.29) is 0 Å². The van der Waals surface area contributed by atoms with Crippen molar-refractivity contribution in [3.05, 3.63) is 60.3 Å². The second-order valence-electron chi connectivity index (χ2n) is 4.41. The van der Waals surface area contributed by atoms with E-state index in [9.17, 15) is 0 Å². The summed E-state index contributed by atoms with van der Waals surface area (Å²) in [6.07, 6.45) is 0. The SMILES string of the molecule is Cc1nc(N)sc1-c1cccc(Oc2ccccc2)c1. The van der Waals surface area contributed by atoms with Crippen LogP contribution in [0.4, 0.5) is 5.13 Å². The summed E-state index contributed by atoms with van der Waals surface area (Å²) in [7, 11) is 0. The fraction of sp³-hybridized carbons (Fsp3) is 0.0625. The van der Waals surface area contributed by atoms with Crippen LogP contribution in [0.5, 0.6) is 11.5 Å². The van der Waals surface area contributed by atoms with Gasteiger partial charge in [0.2, 0.25) is 0 Å². The van der Waals surface area contributed by atoms with Crippen molar-refractivity contribution in [2.75, 3.05) is 5.73 Å². The Morgan fingerprint density at radius 3 is 2.45 bits per heavy atom. The zero-order chi connectivity index (χ0) is 13.9. The molecule has 0 atom stereocenters. The number of aryl methyl sites for hydroxylation is 1. The Bertz CT molecular complexity index is 722. The Morgan fingerprint density at radius 1 is 1.00 bits per heavy atom. The first-order chi connectivity index (χ1) is 9.72. The van der Waals surface area contributed by atoms with Crippen LogP contribution in [0.1, 0.15) is 5.69 Å². The zero-order valence-electron chi connectivity index (χ0n) is 11.0. The van der Waals surface area contributed by atoms with Gasteiger partial charge in [0.05, 0.1) is 10.6 Å². The van der Waals surface area contributed by atoms with Crippen molar-refractivity contribution in [1.82, 2.24) is 4.98 Å². The summed E-state index contributed by atoms with van der Waals surface area (Å²) in [5.74, 6) is 1.63. The number of nitrogens with zero attached hydrogens (tertiary/aromatic N) is 1. The van der Waals surface area contributed by atoms with Gasteiger partial charge in [-0.05, 0) is 36.8 Å². The van der Waals surface area contributed by atoms with Gasteiger partial charge >= 0.3 is 0 Å².